The molecule has 2 bridgehead atoms. The molecule has 3 heterocycles. The van der Waals surface area contributed by atoms with Gasteiger partial charge in [-0.25, -0.2) is 4.79 Å². The van der Waals surface area contributed by atoms with Gasteiger partial charge in [-0.2, -0.15) is 11.8 Å². The molecule has 0 radical (unpaired) electrons. The number of hydrogen-bond acceptors (Lipinski definition) is 3. The second-order valence-electron chi connectivity index (χ2n) is 4.38. The highest BCUT2D eigenvalue weighted by Crippen LogP contribution is 2.42. The van der Waals surface area contributed by atoms with Crippen molar-refractivity contribution in [3.8, 4) is 0 Å². The van der Waals surface area contributed by atoms with Gasteiger partial charge in [0.15, 0.2) is 0 Å². The molecule has 1 aromatic carbocycles. The summed E-state index contributed by atoms with van der Waals surface area (Å²) in [6, 6.07) is 7.25. The zero-order valence-electron chi connectivity index (χ0n) is 8.80. The van der Waals surface area contributed by atoms with Gasteiger partial charge in [0.25, 0.3) is 0 Å². The minimum Gasteiger partial charge on any atom is -0.478 e. The molecule has 3 aliphatic rings. The van der Waals surface area contributed by atoms with Gasteiger partial charge in [0.2, 0.25) is 0 Å². The fraction of sp³-hybridized carbons (Fsp3) is 0.417. The zero-order chi connectivity index (χ0) is 11.1. The molecule has 2 atom stereocenters. The van der Waals surface area contributed by atoms with Crippen molar-refractivity contribution < 1.29 is 9.90 Å². The van der Waals surface area contributed by atoms with Gasteiger partial charge < -0.3 is 10.0 Å². The Morgan fingerprint density at radius 2 is 2.06 bits per heavy atom. The van der Waals surface area contributed by atoms with Gasteiger partial charge in [0.05, 0.1) is 5.56 Å². The first kappa shape index (κ1) is 10.0. The second-order valence-corrected chi connectivity index (χ2v) is 5.98. The summed E-state index contributed by atoms with van der Waals surface area (Å²) in [5.74, 6) is -0.849. The predicted octanol–water partition coefficient (Wildman–Crippen LogP) is 2.08. The molecule has 4 rings (SSSR count). The van der Waals surface area contributed by atoms with Gasteiger partial charge in [0, 0.05) is 29.3 Å². The molecule has 4 heteroatoms. The molecule has 0 aliphatic carbocycles. The Morgan fingerprint density at radius 3 is 2.69 bits per heavy atom. The SMILES string of the molecule is O=C(O)c1cccc(N2CC3CC(C2)S3)c1. The first-order valence-corrected chi connectivity index (χ1v) is 6.40. The van der Waals surface area contributed by atoms with E-state index in [0.29, 0.717) is 5.56 Å². The number of carboxylic acid groups (broad SMARTS) is 1. The average Bonchev–Trinajstić information content (AvgIpc) is 2.28. The van der Waals surface area contributed by atoms with E-state index in [9.17, 15) is 4.79 Å². The van der Waals surface area contributed by atoms with Crippen LogP contribution in [0.4, 0.5) is 5.69 Å². The van der Waals surface area contributed by atoms with Crippen molar-refractivity contribution in [2.75, 3.05) is 18.0 Å². The van der Waals surface area contributed by atoms with Crippen LogP contribution >= 0.6 is 11.8 Å². The van der Waals surface area contributed by atoms with Gasteiger partial charge in [-0.3, -0.25) is 0 Å². The topological polar surface area (TPSA) is 40.5 Å². The maximum Gasteiger partial charge on any atom is 0.335 e. The van der Waals surface area contributed by atoms with Crippen LogP contribution in [0.25, 0.3) is 0 Å². The number of anilines is 1. The quantitative estimate of drug-likeness (QED) is 0.852. The van der Waals surface area contributed by atoms with E-state index in [4.69, 9.17) is 5.11 Å². The summed E-state index contributed by atoms with van der Waals surface area (Å²) < 4.78 is 0. The highest BCUT2D eigenvalue weighted by molar-refractivity contribution is 8.02. The number of nitrogens with zero attached hydrogens (tertiary/aromatic N) is 1. The molecule has 0 spiro atoms. The maximum absolute atomic E-state index is 10.9. The summed E-state index contributed by atoms with van der Waals surface area (Å²) in [5, 5.41) is 10.5. The third kappa shape index (κ3) is 1.67. The minimum atomic E-state index is -0.849. The van der Waals surface area contributed by atoms with Gasteiger partial charge in [0.1, 0.15) is 0 Å². The number of hydrogen-bond donors (Lipinski definition) is 1. The number of carbonyl (C=O) groups is 1. The lowest BCUT2D eigenvalue weighted by Crippen LogP contribution is -2.51. The average molecular weight is 235 g/mol. The van der Waals surface area contributed by atoms with Crippen LogP contribution in [0.5, 0.6) is 0 Å². The van der Waals surface area contributed by atoms with E-state index in [1.807, 2.05) is 12.1 Å². The largest absolute Gasteiger partial charge is 0.478 e. The standard InChI is InChI=1S/C12H13NO2S/c14-12(15)8-2-1-3-9(4-8)13-6-10-5-11(7-13)16-10/h1-4,10-11H,5-7H2,(H,14,15). The fourth-order valence-corrected chi connectivity index (χ4v) is 3.81. The normalized spacial score (nSPS) is 27.4. The van der Waals surface area contributed by atoms with Crippen LogP contribution in [0.15, 0.2) is 24.3 Å². The summed E-state index contributed by atoms with van der Waals surface area (Å²) in [6.45, 7) is 2.12. The Bertz CT molecular complexity index is 419. The molecule has 2 unspecified atom stereocenters. The van der Waals surface area contributed by atoms with E-state index in [1.165, 1.54) is 6.42 Å². The molecule has 1 N–H and O–H groups in total. The monoisotopic (exact) mass is 235 g/mol. The molecule has 0 amide bonds. The van der Waals surface area contributed by atoms with Gasteiger partial charge in [-0.1, -0.05) is 6.07 Å². The summed E-state index contributed by atoms with van der Waals surface area (Å²) in [7, 11) is 0. The molecule has 3 fully saturated rings. The number of piperidine rings is 1. The molecule has 0 aromatic heterocycles. The fourth-order valence-electron chi connectivity index (χ4n) is 2.40. The zero-order valence-corrected chi connectivity index (χ0v) is 9.61. The first-order valence-electron chi connectivity index (χ1n) is 5.46. The van der Waals surface area contributed by atoms with Crippen LogP contribution in [0.1, 0.15) is 16.8 Å². The van der Waals surface area contributed by atoms with Crippen LogP contribution in [0.2, 0.25) is 0 Å². The Kier molecular flexibility index (Phi) is 2.32. The van der Waals surface area contributed by atoms with E-state index in [-0.39, 0.29) is 0 Å². The lowest BCUT2D eigenvalue weighted by atomic mass is 10.1. The maximum atomic E-state index is 10.9. The van der Waals surface area contributed by atoms with Crippen molar-refractivity contribution in [2.24, 2.45) is 0 Å². The molecule has 0 saturated carbocycles. The third-order valence-corrected chi connectivity index (χ3v) is 4.67. The number of carboxylic acids is 1. The van der Waals surface area contributed by atoms with Crippen LogP contribution < -0.4 is 4.90 Å². The number of rotatable bonds is 2. The molecule has 3 aliphatic heterocycles. The number of fused-ring (bicyclic) bond motifs is 2. The highest BCUT2D eigenvalue weighted by atomic mass is 32.2. The van der Waals surface area contributed by atoms with Gasteiger partial charge in [-0.05, 0) is 24.6 Å². The lowest BCUT2D eigenvalue weighted by Gasteiger charge is -2.47. The van der Waals surface area contributed by atoms with Gasteiger partial charge in [-0.15, -0.1) is 0 Å². The number of benzene rings is 1. The Balaban J connectivity index is 1.83. The summed E-state index contributed by atoms with van der Waals surface area (Å²) in [4.78, 5) is 13.2. The van der Waals surface area contributed by atoms with Crippen molar-refractivity contribution >= 4 is 23.4 Å². The predicted molar refractivity (Wildman–Crippen MR) is 65.4 cm³/mol. The van der Waals surface area contributed by atoms with Crippen LogP contribution in [0.3, 0.4) is 0 Å². The Labute approximate surface area is 98.4 Å². The van der Waals surface area contributed by atoms with Crippen molar-refractivity contribution in [3.63, 3.8) is 0 Å². The summed E-state index contributed by atoms with van der Waals surface area (Å²) in [5.41, 5.74) is 1.43. The molecular weight excluding hydrogens is 222 g/mol. The van der Waals surface area contributed by atoms with Crippen LogP contribution in [0, 0.1) is 0 Å². The van der Waals surface area contributed by atoms with E-state index < -0.39 is 5.97 Å². The number of aromatic carboxylic acids is 1. The molecule has 1 aromatic rings. The highest BCUT2D eigenvalue weighted by Gasteiger charge is 2.37. The first-order chi connectivity index (χ1) is 7.72. The smallest absolute Gasteiger partial charge is 0.335 e. The second kappa shape index (κ2) is 3.70. The summed E-state index contributed by atoms with van der Waals surface area (Å²) in [6.07, 6.45) is 1.33. The van der Waals surface area contributed by atoms with Gasteiger partial charge >= 0.3 is 5.97 Å². The van der Waals surface area contributed by atoms with Crippen molar-refractivity contribution in [1.29, 1.82) is 0 Å². The molecule has 16 heavy (non-hydrogen) atoms. The van der Waals surface area contributed by atoms with E-state index in [1.54, 1.807) is 12.1 Å². The Hall–Kier alpha value is -1.16. The third-order valence-electron chi connectivity index (χ3n) is 3.22. The van der Waals surface area contributed by atoms with Crippen molar-refractivity contribution in [2.45, 2.75) is 16.9 Å². The van der Waals surface area contributed by atoms with E-state index >= 15 is 0 Å². The van der Waals surface area contributed by atoms with Crippen molar-refractivity contribution in [3.05, 3.63) is 29.8 Å². The summed E-state index contributed by atoms with van der Waals surface area (Å²) >= 11 is 2.07. The van der Waals surface area contributed by atoms with Crippen molar-refractivity contribution in [1.82, 2.24) is 0 Å². The molecule has 3 saturated heterocycles. The van der Waals surface area contributed by atoms with E-state index in [2.05, 4.69) is 16.7 Å². The minimum absolute atomic E-state index is 0.379. The van der Waals surface area contributed by atoms with Crippen LogP contribution in [-0.2, 0) is 0 Å². The van der Waals surface area contributed by atoms with E-state index in [0.717, 1.165) is 29.3 Å². The lowest BCUT2D eigenvalue weighted by molar-refractivity contribution is 0.0697. The van der Waals surface area contributed by atoms with Crippen LogP contribution in [-0.4, -0.2) is 34.7 Å². The molecule has 84 valence electrons. The molecular formula is C12H13NO2S. The number of thioether (sulfide) groups is 1. The Morgan fingerprint density at radius 1 is 1.38 bits per heavy atom. The molecule has 3 nitrogen and oxygen atoms in total.